The summed E-state index contributed by atoms with van der Waals surface area (Å²) in [5.74, 6) is 0.821. The fraction of sp³-hybridized carbons (Fsp3) is 0.591. The van der Waals surface area contributed by atoms with Gasteiger partial charge < -0.3 is 14.5 Å². The van der Waals surface area contributed by atoms with E-state index in [1.54, 1.807) is 29.0 Å². The maximum atomic E-state index is 12.9. The Morgan fingerprint density at radius 3 is 2.31 bits per heavy atom. The van der Waals surface area contributed by atoms with Crippen molar-refractivity contribution in [2.24, 2.45) is 5.92 Å². The van der Waals surface area contributed by atoms with E-state index in [1.807, 2.05) is 32.9 Å². The average Bonchev–Trinajstić information content (AvgIpc) is 2.89. The Balaban J connectivity index is 1.69. The van der Waals surface area contributed by atoms with Gasteiger partial charge in [-0.15, -0.1) is 0 Å². The number of likely N-dealkylation sites (tertiary alicyclic amines) is 1. The number of urea groups is 1. The number of amides is 4. The molecule has 1 aromatic rings. The molecule has 2 aliphatic heterocycles. The molecule has 2 fully saturated rings. The molecule has 1 aromatic carbocycles. The maximum absolute atomic E-state index is 12.9. The van der Waals surface area contributed by atoms with Crippen molar-refractivity contribution in [3.63, 3.8) is 0 Å². The zero-order chi connectivity index (χ0) is 21.2. The molecule has 0 radical (unpaired) electrons. The van der Waals surface area contributed by atoms with Crippen molar-refractivity contribution >= 4 is 17.8 Å². The van der Waals surface area contributed by atoms with Crippen LogP contribution in [0.2, 0.25) is 0 Å². The van der Waals surface area contributed by atoms with Crippen molar-refractivity contribution in [1.29, 1.82) is 0 Å². The predicted molar refractivity (Wildman–Crippen MR) is 110 cm³/mol. The zero-order valence-corrected chi connectivity index (χ0v) is 17.8. The number of carbonyl (C=O) groups excluding carboxylic acids is 3. The molecule has 0 N–H and O–H groups in total. The third-order valence-corrected chi connectivity index (χ3v) is 5.74. The minimum Gasteiger partial charge on any atom is -0.494 e. The van der Waals surface area contributed by atoms with Gasteiger partial charge in [0.25, 0.3) is 11.8 Å². The third kappa shape index (κ3) is 3.95. The Kier molecular flexibility index (Phi) is 6.15. The number of hydrogen-bond acceptors (Lipinski definition) is 4. The molecule has 0 bridgehead atoms. The second-order valence-corrected chi connectivity index (χ2v) is 8.35. The van der Waals surface area contributed by atoms with E-state index in [1.165, 1.54) is 4.90 Å². The Morgan fingerprint density at radius 2 is 1.76 bits per heavy atom. The van der Waals surface area contributed by atoms with Gasteiger partial charge in [-0.05, 0) is 49.4 Å². The minimum absolute atomic E-state index is 0.0533. The number of benzene rings is 1. The van der Waals surface area contributed by atoms with Gasteiger partial charge in [-0.2, -0.15) is 0 Å². The van der Waals surface area contributed by atoms with Crippen LogP contribution in [0, 0.1) is 5.92 Å². The molecule has 2 aliphatic rings. The summed E-state index contributed by atoms with van der Waals surface area (Å²) in [5.41, 5.74) is -0.208. The summed E-state index contributed by atoms with van der Waals surface area (Å²) in [6.45, 7) is 8.22. The van der Waals surface area contributed by atoms with E-state index in [-0.39, 0.29) is 23.8 Å². The largest absolute Gasteiger partial charge is 0.494 e. The highest BCUT2D eigenvalue weighted by Gasteiger charge is 2.57. The first kappa shape index (κ1) is 21.1. The molecule has 4 amide bonds. The van der Waals surface area contributed by atoms with Gasteiger partial charge in [0.15, 0.2) is 0 Å². The van der Waals surface area contributed by atoms with Crippen LogP contribution >= 0.6 is 0 Å². The van der Waals surface area contributed by atoms with Gasteiger partial charge in [0.05, 0.1) is 6.61 Å². The van der Waals surface area contributed by atoms with Gasteiger partial charge in [0.1, 0.15) is 11.3 Å². The molecule has 0 aromatic heterocycles. The predicted octanol–water partition coefficient (Wildman–Crippen LogP) is 3.00. The van der Waals surface area contributed by atoms with Crippen LogP contribution in [-0.4, -0.2) is 71.4 Å². The number of ether oxygens (including phenoxy) is 1. The minimum atomic E-state index is -0.815. The monoisotopic (exact) mass is 401 g/mol. The number of hydrogen-bond donors (Lipinski definition) is 0. The first-order chi connectivity index (χ1) is 13.8. The van der Waals surface area contributed by atoms with Gasteiger partial charge in [-0.25, -0.2) is 4.79 Å². The first-order valence-corrected chi connectivity index (χ1v) is 10.4. The molecule has 158 valence electrons. The Labute approximate surface area is 172 Å². The smallest absolute Gasteiger partial charge is 0.327 e. The number of nitrogens with zero attached hydrogens (tertiary/aromatic N) is 3. The first-order valence-electron chi connectivity index (χ1n) is 10.4. The Bertz CT molecular complexity index is 767. The number of piperidine rings is 1. The molecule has 0 aliphatic carbocycles. The molecule has 0 atom stereocenters. The maximum Gasteiger partial charge on any atom is 0.327 e. The van der Waals surface area contributed by atoms with Crippen molar-refractivity contribution in [2.75, 3.05) is 33.3 Å². The Morgan fingerprint density at radius 1 is 1.14 bits per heavy atom. The summed E-state index contributed by atoms with van der Waals surface area (Å²) in [7, 11) is 1.55. The molecule has 3 rings (SSSR count). The van der Waals surface area contributed by atoms with Crippen LogP contribution in [0.4, 0.5) is 4.79 Å². The second-order valence-electron chi connectivity index (χ2n) is 8.35. The van der Waals surface area contributed by atoms with E-state index in [0.717, 1.165) is 12.2 Å². The molecule has 7 nitrogen and oxygen atoms in total. The zero-order valence-electron chi connectivity index (χ0n) is 17.8. The molecule has 29 heavy (non-hydrogen) atoms. The quantitative estimate of drug-likeness (QED) is 0.687. The van der Waals surface area contributed by atoms with Gasteiger partial charge in [-0.1, -0.05) is 20.8 Å². The van der Waals surface area contributed by atoms with Crippen molar-refractivity contribution in [3.05, 3.63) is 29.8 Å². The van der Waals surface area contributed by atoms with Crippen LogP contribution in [0.5, 0.6) is 5.75 Å². The highest BCUT2D eigenvalue weighted by atomic mass is 16.5. The average molecular weight is 402 g/mol. The standard InChI is InChI=1S/C22H31N3O4/c1-5-14-29-18-8-6-17(7-9-18)19(26)24-12-10-22(11-13-24)20(27)23(4)21(28)25(22)15-16(2)3/h6-9,16H,5,10-15H2,1-4H3. The van der Waals surface area contributed by atoms with Crippen LogP contribution in [-0.2, 0) is 4.79 Å². The summed E-state index contributed by atoms with van der Waals surface area (Å²) in [6, 6.07) is 6.95. The van der Waals surface area contributed by atoms with E-state index in [9.17, 15) is 14.4 Å². The third-order valence-electron chi connectivity index (χ3n) is 5.74. The number of imide groups is 1. The van der Waals surface area contributed by atoms with Crippen LogP contribution in [0.3, 0.4) is 0 Å². The van der Waals surface area contributed by atoms with E-state index in [4.69, 9.17) is 4.74 Å². The topological polar surface area (TPSA) is 70.2 Å². The normalized spacial score (nSPS) is 18.9. The van der Waals surface area contributed by atoms with Crippen molar-refractivity contribution in [2.45, 2.75) is 45.6 Å². The van der Waals surface area contributed by atoms with Crippen LogP contribution < -0.4 is 4.74 Å². The lowest BCUT2D eigenvalue weighted by atomic mass is 9.85. The lowest BCUT2D eigenvalue weighted by molar-refractivity contribution is -0.134. The molecule has 2 heterocycles. The van der Waals surface area contributed by atoms with Gasteiger partial charge >= 0.3 is 6.03 Å². The van der Waals surface area contributed by atoms with E-state index in [0.29, 0.717) is 44.6 Å². The molecule has 2 saturated heterocycles. The van der Waals surface area contributed by atoms with E-state index in [2.05, 4.69) is 0 Å². The summed E-state index contributed by atoms with van der Waals surface area (Å²) in [4.78, 5) is 43.1. The van der Waals surface area contributed by atoms with Crippen LogP contribution in [0.15, 0.2) is 24.3 Å². The molecular weight excluding hydrogens is 370 g/mol. The SMILES string of the molecule is CCCOc1ccc(C(=O)N2CCC3(CC2)C(=O)N(C)C(=O)N3CC(C)C)cc1. The van der Waals surface area contributed by atoms with Crippen molar-refractivity contribution in [1.82, 2.24) is 14.7 Å². The van der Waals surface area contributed by atoms with Gasteiger partial charge in [0.2, 0.25) is 0 Å². The molecule has 7 heteroatoms. The van der Waals surface area contributed by atoms with E-state index >= 15 is 0 Å². The van der Waals surface area contributed by atoms with Crippen molar-refractivity contribution in [3.8, 4) is 5.75 Å². The van der Waals surface area contributed by atoms with Crippen molar-refractivity contribution < 1.29 is 19.1 Å². The Hall–Kier alpha value is -2.57. The summed E-state index contributed by atoms with van der Waals surface area (Å²) in [5, 5.41) is 0. The fourth-order valence-electron chi connectivity index (χ4n) is 4.16. The molecule has 0 saturated carbocycles. The lowest BCUT2D eigenvalue weighted by Crippen LogP contribution is -2.58. The second kappa shape index (κ2) is 8.43. The fourth-order valence-corrected chi connectivity index (χ4v) is 4.16. The molecule has 0 unspecified atom stereocenters. The number of carbonyl (C=O) groups is 3. The summed E-state index contributed by atoms with van der Waals surface area (Å²) >= 11 is 0. The van der Waals surface area contributed by atoms with Gasteiger partial charge in [-0.3, -0.25) is 14.5 Å². The highest BCUT2D eigenvalue weighted by molar-refractivity contribution is 6.07. The summed E-state index contributed by atoms with van der Waals surface area (Å²) in [6.07, 6.45) is 1.87. The highest BCUT2D eigenvalue weighted by Crippen LogP contribution is 2.37. The van der Waals surface area contributed by atoms with Gasteiger partial charge in [0, 0.05) is 32.2 Å². The number of rotatable bonds is 6. The lowest BCUT2D eigenvalue weighted by Gasteiger charge is -2.42. The summed E-state index contributed by atoms with van der Waals surface area (Å²) < 4.78 is 5.57. The number of likely N-dealkylation sites (N-methyl/N-ethyl adjacent to an activating group) is 1. The van der Waals surface area contributed by atoms with E-state index < -0.39 is 5.54 Å². The van der Waals surface area contributed by atoms with Crippen LogP contribution in [0.25, 0.3) is 0 Å². The molecular formula is C22H31N3O4. The van der Waals surface area contributed by atoms with Crippen LogP contribution in [0.1, 0.15) is 50.4 Å². The molecule has 1 spiro atoms.